The van der Waals surface area contributed by atoms with E-state index in [1.165, 1.54) is 18.2 Å². The molecule has 56 valence electrons. The summed E-state index contributed by atoms with van der Waals surface area (Å²) in [6, 6.07) is 1.36. The molecular weight excluding hydrogens is 148 g/mol. The normalized spacial score (nSPS) is 12.0. The van der Waals surface area contributed by atoms with Crippen LogP contribution in [0.15, 0.2) is 0 Å². The molecule has 0 atom stereocenters. The number of hydrogen-bond acceptors (Lipinski definition) is 1. The summed E-state index contributed by atoms with van der Waals surface area (Å²) >= 11 is 0. The molecule has 9 heavy (non-hydrogen) atoms. The van der Waals surface area contributed by atoms with Crippen LogP contribution in [0.2, 0.25) is 6.04 Å². The monoisotopic (exact) mass is 165 g/mol. The Morgan fingerprint density at radius 2 is 2.11 bits per heavy atom. The topological polar surface area (TPSA) is 9.23 Å². The van der Waals surface area contributed by atoms with Crippen LogP contribution in [-0.2, 0) is 15.3 Å². The summed E-state index contributed by atoms with van der Waals surface area (Å²) in [5.74, 6) is 1.40. The molecule has 0 aliphatic heterocycles. The van der Waals surface area contributed by atoms with Gasteiger partial charge < -0.3 is 4.43 Å². The van der Waals surface area contributed by atoms with Gasteiger partial charge >= 0.3 is 0 Å². The molecule has 0 spiro atoms. The molecule has 1 nitrogen and oxygen atoms in total. The lowest BCUT2D eigenvalue weighted by Crippen LogP contribution is -2.03. The van der Waals surface area contributed by atoms with Crippen molar-refractivity contribution in [3.63, 3.8) is 0 Å². The Bertz CT molecular complexity index is 59.0. The fourth-order valence-electron chi connectivity index (χ4n) is 0.637. The zero-order valence-corrected chi connectivity index (χ0v) is 8.88. The Morgan fingerprint density at radius 1 is 1.44 bits per heavy atom. The van der Waals surface area contributed by atoms with Crippen LogP contribution in [0, 0.1) is 0 Å². The van der Waals surface area contributed by atoms with Crippen molar-refractivity contribution in [3.05, 3.63) is 0 Å². The zero-order valence-electron chi connectivity index (χ0n) is 6.64. The van der Waals surface area contributed by atoms with E-state index in [1.807, 2.05) is 7.11 Å². The number of hydrogen-bond donors (Lipinski definition) is 0. The van der Waals surface area contributed by atoms with Crippen LogP contribution in [0.4, 0.5) is 0 Å². The molecule has 0 rings (SSSR count). The van der Waals surface area contributed by atoms with Gasteiger partial charge in [0.05, 0.1) is 12.5 Å². The Morgan fingerprint density at radius 3 is 2.56 bits per heavy atom. The van der Waals surface area contributed by atoms with E-state index in [-0.39, 0.29) is 9.76 Å². The molecule has 0 saturated carbocycles. The molecule has 0 aliphatic carbocycles. The fourth-order valence-corrected chi connectivity index (χ4v) is 2.52. The lowest BCUT2D eigenvalue weighted by molar-refractivity contribution is 0.440. The molecule has 0 aromatic carbocycles. The summed E-state index contributed by atoms with van der Waals surface area (Å²) < 4.78 is 5.07. The summed E-state index contributed by atoms with van der Waals surface area (Å²) in [6.45, 7) is 0. The van der Waals surface area contributed by atoms with Gasteiger partial charge in [-0.15, -0.1) is 0 Å². The number of rotatable bonds is 5. The summed E-state index contributed by atoms with van der Waals surface area (Å²) in [5, 5.41) is 0. The van der Waals surface area contributed by atoms with Crippen molar-refractivity contribution in [3.8, 4) is 0 Å². The van der Waals surface area contributed by atoms with E-state index >= 15 is 0 Å². The summed E-state index contributed by atoms with van der Waals surface area (Å²) in [6.07, 6.45) is 5.99. The third-order valence-electron chi connectivity index (χ3n) is 1.15. The molecule has 0 aliphatic rings. The maximum atomic E-state index is 5.07. The van der Waals surface area contributed by atoms with Crippen molar-refractivity contribution in [1.82, 2.24) is 0 Å². The van der Waals surface area contributed by atoms with Crippen LogP contribution < -0.4 is 0 Å². The molecule has 0 radical (unpaired) electrons. The first kappa shape index (κ1) is 9.53. The van der Waals surface area contributed by atoms with E-state index in [9.17, 15) is 0 Å². The standard InChI is InChI=1S/C6H17OSSi/c1-7-9-6-4-5-8(2)3/h4-6,9H2,1-3H3/q+1. The molecule has 0 heterocycles. The van der Waals surface area contributed by atoms with Crippen molar-refractivity contribution in [1.29, 1.82) is 0 Å². The van der Waals surface area contributed by atoms with Crippen LogP contribution >= 0.6 is 0 Å². The quantitative estimate of drug-likeness (QED) is 0.326. The average Bonchev–Trinajstić information content (AvgIpc) is 1.80. The van der Waals surface area contributed by atoms with E-state index in [0.29, 0.717) is 10.9 Å². The first-order valence-electron chi connectivity index (χ1n) is 3.30. The molecule has 0 N–H and O–H groups in total. The first-order chi connectivity index (χ1) is 4.27. The SMILES string of the molecule is CO[SiH2]CCC[S+](C)C. The molecule has 0 fully saturated rings. The van der Waals surface area contributed by atoms with E-state index < -0.39 is 0 Å². The van der Waals surface area contributed by atoms with Crippen LogP contribution in [0.25, 0.3) is 0 Å². The van der Waals surface area contributed by atoms with E-state index in [0.717, 1.165) is 0 Å². The largest absolute Gasteiger partial charge is 0.427 e. The molecular formula is C6H17OSSi+. The second kappa shape index (κ2) is 6.64. The van der Waals surface area contributed by atoms with Gasteiger partial charge in [0.2, 0.25) is 0 Å². The highest BCUT2D eigenvalue weighted by Gasteiger charge is 1.99. The van der Waals surface area contributed by atoms with Crippen molar-refractivity contribution in [2.75, 3.05) is 25.4 Å². The van der Waals surface area contributed by atoms with Crippen molar-refractivity contribution in [2.24, 2.45) is 0 Å². The van der Waals surface area contributed by atoms with Gasteiger partial charge in [0.1, 0.15) is 5.75 Å². The van der Waals surface area contributed by atoms with Crippen LogP contribution in [0.1, 0.15) is 6.42 Å². The second-order valence-corrected chi connectivity index (χ2v) is 6.46. The van der Waals surface area contributed by atoms with E-state index in [4.69, 9.17) is 4.43 Å². The summed E-state index contributed by atoms with van der Waals surface area (Å²) in [5.41, 5.74) is 0. The Kier molecular flexibility index (Phi) is 7.03. The van der Waals surface area contributed by atoms with Crippen LogP contribution in [0.5, 0.6) is 0 Å². The smallest absolute Gasteiger partial charge is 0.161 e. The maximum absolute atomic E-state index is 5.07. The lowest BCUT2D eigenvalue weighted by Gasteiger charge is -1.95. The van der Waals surface area contributed by atoms with Crippen molar-refractivity contribution >= 4 is 20.7 Å². The van der Waals surface area contributed by atoms with Crippen molar-refractivity contribution < 1.29 is 4.43 Å². The minimum Gasteiger partial charge on any atom is -0.427 e. The van der Waals surface area contributed by atoms with E-state index in [1.54, 1.807) is 0 Å². The predicted molar refractivity (Wildman–Crippen MR) is 49.1 cm³/mol. The third-order valence-corrected chi connectivity index (χ3v) is 3.45. The van der Waals surface area contributed by atoms with E-state index in [2.05, 4.69) is 12.5 Å². The Hall–Kier alpha value is 0.527. The van der Waals surface area contributed by atoms with Crippen LogP contribution in [-0.4, -0.2) is 35.1 Å². The highest BCUT2D eigenvalue weighted by molar-refractivity contribution is 7.95. The Labute approximate surface area is 63.5 Å². The molecule has 0 bridgehead atoms. The molecule has 0 unspecified atom stereocenters. The van der Waals surface area contributed by atoms with Gasteiger partial charge in [0.25, 0.3) is 0 Å². The third kappa shape index (κ3) is 8.53. The summed E-state index contributed by atoms with van der Waals surface area (Å²) in [7, 11) is 2.35. The minimum atomic E-state index is -0.117. The van der Waals surface area contributed by atoms with Gasteiger partial charge in [-0.1, -0.05) is 0 Å². The fraction of sp³-hybridized carbons (Fsp3) is 1.00. The first-order valence-corrected chi connectivity index (χ1v) is 7.09. The van der Waals surface area contributed by atoms with Gasteiger partial charge in [-0.25, -0.2) is 0 Å². The van der Waals surface area contributed by atoms with Gasteiger partial charge in [0, 0.05) is 7.11 Å². The van der Waals surface area contributed by atoms with Crippen LogP contribution in [0.3, 0.4) is 0 Å². The predicted octanol–water partition coefficient (Wildman–Crippen LogP) is 0.403. The van der Waals surface area contributed by atoms with Crippen molar-refractivity contribution in [2.45, 2.75) is 12.5 Å². The van der Waals surface area contributed by atoms with Gasteiger partial charge in [0.15, 0.2) is 9.76 Å². The molecule has 3 heteroatoms. The second-order valence-electron chi connectivity index (χ2n) is 2.39. The molecule has 0 aromatic rings. The van der Waals surface area contributed by atoms with Gasteiger partial charge in [-0.2, -0.15) is 0 Å². The summed E-state index contributed by atoms with van der Waals surface area (Å²) in [4.78, 5) is 0. The highest BCUT2D eigenvalue weighted by Crippen LogP contribution is 1.93. The lowest BCUT2D eigenvalue weighted by atomic mass is 10.6. The highest BCUT2D eigenvalue weighted by atomic mass is 32.2. The Balaban J connectivity index is 2.75. The van der Waals surface area contributed by atoms with Gasteiger partial charge in [-0.05, 0) is 23.4 Å². The average molecular weight is 165 g/mol. The molecule has 0 aromatic heterocycles. The maximum Gasteiger partial charge on any atom is 0.161 e. The van der Waals surface area contributed by atoms with Gasteiger partial charge in [-0.3, -0.25) is 0 Å². The zero-order chi connectivity index (χ0) is 7.11. The molecule has 0 saturated heterocycles. The minimum absolute atomic E-state index is 0.117. The molecule has 0 amide bonds.